The molecule has 0 aliphatic carbocycles. The Hall–Kier alpha value is -6.40. The van der Waals surface area contributed by atoms with E-state index in [9.17, 15) is 0 Å². The lowest BCUT2D eigenvalue weighted by Crippen LogP contribution is -2.02. The highest BCUT2D eigenvalue weighted by molar-refractivity contribution is 7.26. The van der Waals surface area contributed by atoms with Gasteiger partial charge in [-0.15, -0.1) is 22.7 Å². The highest BCUT2D eigenvalue weighted by atomic mass is 32.1. The molecular formula is C48H27N3S2. The highest BCUT2D eigenvalue weighted by Gasteiger charge is 2.22. The number of fused-ring (bicyclic) bond motifs is 13. The molecule has 0 amide bonds. The van der Waals surface area contributed by atoms with Crippen LogP contribution in [0.4, 0.5) is 0 Å². The Kier molecular flexibility index (Phi) is 6.09. The fourth-order valence-electron chi connectivity index (χ4n) is 8.42. The van der Waals surface area contributed by atoms with Crippen molar-refractivity contribution >= 4 is 106 Å². The first-order valence-corrected chi connectivity index (χ1v) is 19.5. The van der Waals surface area contributed by atoms with Crippen molar-refractivity contribution in [1.29, 1.82) is 0 Å². The third kappa shape index (κ3) is 4.26. The standard InChI is InChI=1S/C48H27N3S2/c1-3-11-28(12-4-1)31-19-22-38-36(25-31)37-27-35-32(21-24-41-43(35)34-17-9-10-18-40(34)52-41)26-39(37)51(38)48-49-46(30-14-5-2-6-15-30)45-44-33-16-8-7-13-29(33)20-23-42(44)53-47(45)50-48/h1-27H. The topological polar surface area (TPSA) is 30.7 Å². The van der Waals surface area contributed by atoms with Crippen LogP contribution in [0.2, 0.25) is 0 Å². The number of benzene rings is 8. The van der Waals surface area contributed by atoms with Gasteiger partial charge in [-0.1, -0.05) is 121 Å². The largest absolute Gasteiger partial charge is 0.278 e. The fourth-order valence-corrected chi connectivity index (χ4v) is 10.6. The smallest absolute Gasteiger partial charge is 0.236 e. The van der Waals surface area contributed by atoms with Crippen LogP contribution in [0.3, 0.4) is 0 Å². The molecular weight excluding hydrogens is 683 g/mol. The summed E-state index contributed by atoms with van der Waals surface area (Å²) in [6.07, 6.45) is 0. The number of thiophene rings is 2. The van der Waals surface area contributed by atoms with Crippen LogP contribution in [0.1, 0.15) is 0 Å². The quantitative estimate of drug-likeness (QED) is 0.183. The summed E-state index contributed by atoms with van der Waals surface area (Å²) in [6, 6.07) is 59.3. The van der Waals surface area contributed by atoms with Gasteiger partial charge < -0.3 is 0 Å². The van der Waals surface area contributed by atoms with Crippen LogP contribution < -0.4 is 0 Å². The van der Waals surface area contributed by atoms with E-state index in [1.165, 1.54) is 73.7 Å². The minimum Gasteiger partial charge on any atom is -0.278 e. The Labute approximate surface area is 311 Å². The maximum atomic E-state index is 5.55. The van der Waals surface area contributed by atoms with E-state index >= 15 is 0 Å². The molecule has 12 rings (SSSR count). The van der Waals surface area contributed by atoms with Gasteiger partial charge in [-0.25, -0.2) is 9.97 Å². The van der Waals surface area contributed by atoms with E-state index in [1.54, 1.807) is 11.3 Å². The van der Waals surface area contributed by atoms with E-state index in [1.807, 2.05) is 11.3 Å². The maximum Gasteiger partial charge on any atom is 0.236 e. The molecule has 0 saturated carbocycles. The van der Waals surface area contributed by atoms with Crippen LogP contribution >= 0.6 is 22.7 Å². The van der Waals surface area contributed by atoms with Crippen LogP contribution in [0.25, 0.3) is 112 Å². The van der Waals surface area contributed by atoms with Crippen molar-refractivity contribution in [1.82, 2.24) is 14.5 Å². The first-order valence-electron chi connectivity index (χ1n) is 17.8. The SMILES string of the molecule is c1ccc(-c2ccc3c(c2)c2cc4c(ccc5sc6ccccc6c54)cc2n3-c2nc(-c3ccccc3)c3c(n2)sc2ccc4ccccc4c23)cc1. The number of aromatic nitrogens is 3. The second kappa shape index (κ2) is 11.1. The summed E-state index contributed by atoms with van der Waals surface area (Å²) < 4.78 is 6.14. The molecule has 0 aliphatic heterocycles. The zero-order chi connectivity index (χ0) is 34.6. The minimum absolute atomic E-state index is 0.682. The van der Waals surface area contributed by atoms with Gasteiger partial charge in [0.25, 0.3) is 0 Å². The molecule has 0 unspecified atom stereocenters. The lowest BCUT2D eigenvalue weighted by molar-refractivity contribution is 1.02. The molecule has 4 aromatic heterocycles. The van der Waals surface area contributed by atoms with Crippen molar-refractivity contribution < 1.29 is 0 Å². The molecule has 0 aliphatic rings. The van der Waals surface area contributed by atoms with Gasteiger partial charge in [-0.3, -0.25) is 4.57 Å². The molecule has 4 heterocycles. The summed E-state index contributed by atoms with van der Waals surface area (Å²) >= 11 is 3.62. The average molecular weight is 710 g/mol. The molecule has 8 aromatic carbocycles. The van der Waals surface area contributed by atoms with Crippen LogP contribution in [-0.4, -0.2) is 14.5 Å². The Morgan fingerprint density at radius 2 is 1.08 bits per heavy atom. The van der Waals surface area contributed by atoms with E-state index in [0.717, 1.165) is 32.5 Å². The highest BCUT2D eigenvalue weighted by Crippen LogP contribution is 2.45. The third-order valence-electron chi connectivity index (χ3n) is 10.8. The third-order valence-corrected chi connectivity index (χ3v) is 13.0. The molecule has 0 fully saturated rings. The van der Waals surface area contributed by atoms with E-state index < -0.39 is 0 Å². The van der Waals surface area contributed by atoms with Crippen molar-refractivity contribution in [3.05, 3.63) is 164 Å². The second-order valence-corrected chi connectivity index (χ2v) is 15.9. The molecule has 0 spiro atoms. The van der Waals surface area contributed by atoms with Gasteiger partial charge in [0, 0.05) is 52.0 Å². The van der Waals surface area contributed by atoms with Gasteiger partial charge in [0.15, 0.2) is 0 Å². The van der Waals surface area contributed by atoms with Crippen LogP contribution in [0.5, 0.6) is 0 Å². The van der Waals surface area contributed by atoms with Crippen molar-refractivity contribution in [2.45, 2.75) is 0 Å². The summed E-state index contributed by atoms with van der Waals surface area (Å²) in [5.74, 6) is 0.682. The number of nitrogens with zero attached hydrogens (tertiary/aromatic N) is 3. The number of hydrogen-bond donors (Lipinski definition) is 0. The van der Waals surface area contributed by atoms with Gasteiger partial charge in [0.2, 0.25) is 5.95 Å². The number of rotatable bonds is 3. The van der Waals surface area contributed by atoms with Crippen molar-refractivity contribution in [2.24, 2.45) is 0 Å². The zero-order valence-corrected chi connectivity index (χ0v) is 29.9. The fraction of sp³-hybridized carbons (Fsp3) is 0. The lowest BCUT2D eigenvalue weighted by Gasteiger charge is -2.11. The summed E-state index contributed by atoms with van der Waals surface area (Å²) in [5, 5.41) is 12.3. The molecule has 3 nitrogen and oxygen atoms in total. The van der Waals surface area contributed by atoms with Gasteiger partial charge >= 0.3 is 0 Å². The summed E-state index contributed by atoms with van der Waals surface area (Å²) in [5.41, 5.74) is 6.61. The molecule has 0 radical (unpaired) electrons. The van der Waals surface area contributed by atoms with Gasteiger partial charge in [-0.2, -0.15) is 0 Å². The van der Waals surface area contributed by atoms with Crippen molar-refractivity contribution in [3.63, 3.8) is 0 Å². The van der Waals surface area contributed by atoms with E-state index in [0.29, 0.717) is 5.95 Å². The monoisotopic (exact) mass is 709 g/mol. The predicted octanol–water partition coefficient (Wildman–Crippen LogP) is 13.9. The van der Waals surface area contributed by atoms with Crippen LogP contribution in [0.15, 0.2) is 164 Å². The number of hydrogen-bond acceptors (Lipinski definition) is 4. The molecule has 246 valence electrons. The van der Waals surface area contributed by atoms with Crippen molar-refractivity contribution in [3.8, 4) is 28.3 Å². The zero-order valence-electron chi connectivity index (χ0n) is 28.2. The van der Waals surface area contributed by atoms with Gasteiger partial charge in [0.05, 0.1) is 16.7 Å². The summed E-state index contributed by atoms with van der Waals surface area (Å²) in [7, 11) is 0. The minimum atomic E-state index is 0.682. The molecule has 53 heavy (non-hydrogen) atoms. The molecule has 0 N–H and O–H groups in total. The Morgan fingerprint density at radius 1 is 0.377 bits per heavy atom. The molecule has 5 heteroatoms. The van der Waals surface area contributed by atoms with Crippen molar-refractivity contribution in [2.75, 3.05) is 0 Å². The maximum absolute atomic E-state index is 5.55. The summed E-state index contributed by atoms with van der Waals surface area (Å²) in [4.78, 5) is 12.0. The summed E-state index contributed by atoms with van der Waals surface area (Å²) in [6.45, 7) is 0. The van der Waals surface area contributed by atoms with E-state index in [2.05, 4.69) is 168 Å². The van der Waals surface area contributed by atoms with Crippen LogP contribution in [0, 0.1) is 0 Å². The Bertz CT molecular complexity index is 3450. The molecule has 0 bridgehead atoms. The first kappa shape index (κ1) is 29.2. The molecule has 12 aromatic rings. The predicted molar refractivity (Wildman–Crippen MR) is 228 cm³/mol. The van der Waals surface area contributed by atoms with Crippen LogP contribution in [-0.2, 0) is 0 Å². The first-order chi connectivity index (χ1) is 26.3. The average Bonchev–Trinajstić information content (AvgIpc) is 3.89. The van der Waals surface area contributed by atoms with E-state index in [4.69, 9.17) is 9.97 Å². The Balaban J connectivity index is 1.22. The molecule has 0 atom stereocenters. The molecule has 0 saturated heterocycles. The van der Waals surface area contributed by atoms with Gasteiger partial charge in [0.1, 0.15) is 4.83 Å². The Morgan fingerprint density at radius 3 is 1.92 bits per heavy atom. The normalized spacial score (nSPS) is 12.2. The van der Waals surface area contributed by atoms with Gasteiger partial charge in [-0.05, 0) is 75.1 Å². The van der Waals surface area contributed by atoms with E-state index in [-0.39, 0.29) is 0 Å². The second-order valence-electron chi connectivity index (χ2n) is 13.7. The lowest BCUT2D eigenvalue weighted by atomic mass is 9.99.